The Morgan fingerprint density at radius 3 is 2.15 bits per heavy atom. The number of carbonyl (C=O) groups is 1. The van der Waals surface area contributed by atoms with E-state index in [-0.39, 0.29) is 30.0 Å². The Morgan fingerprint density at radius 2 is 1.54 bits per heavy atom. The van der Waals surface area contributed by atoms with Crippen molar-refractivity contribution in [2.45, 2.75) is 37.5 Å². The van der Waals surface area contributed by atoms with Gasteiger partial charge in [0, 0.05) is 24.2 Å². The molecule has 0 aliphatic carbocycles. The number of ether oxygens (including phenoxy) is 1. The molecule has 1 N–H and O–H groups in total. The van der Waals surface area contributed by atoms with E-state index < -0.39 is 47.7 Å². The zero-order chi connectivity index (χ0) is 28.6. The fourth-order valence-electron chi connectivity index (χ4n) is 5.14. The van der Waals surface area contributed by atoms with Gasteiger partial charge >= 0.3 is 6.18 Å². The van der Waals surface area contributed by atoms with Crippen LogP contribution in [0, 0.1) is 11.6 Å². The molecule has 1 aliphatic heterocycles. The summed E-state index contributed by atoms with van der Waals surface area (Å²) in [5.41, 5.74) is -3.39. The van der Waals surface area contributed by atoms with E-state index >= 15 is 0 Å². The van der Waals surface area contributed by atoms with Gasteiger partial charge in [0.05, 0.1) is 25.0 Å². The SMILES string of the molecule is COc1ccc(F)cc1C(C)(C)CC(O)(CN1CCN(C(=O)c2ccc(F)cc2)c2ccccc21)C(F)(F)F. The summed E-state index contributed by atoms with van der Waals surface area (Å²) in [4.78, 5) is 16.0. The lowest BCUT2D eigenvalue weighted by molar-refractivity contribution is -0.262. The normalized spacial score (nSPS) is 15.5. The minimum Gasteiger partial charge on any atom is -0.496 e. The molecule has 0 aromatic heterocycles. The van der Waals surface area contributed by atoms with Crippen molar-refractivity contribution >= 4 is 17.3 Å². The van der Waals surface area contributed by atoms with E-state index in [2.05, 4.69) is 0 Å². The summed E-state index contributed by atoms with van der Waals surface area (Å²) in [6.07, 6.45) is -5.80. The second-order valence-corrected chi connectivity index (χ2v) is 10.3. The fraction of sp³-hybridized carbons (Fsp3) is 0.345. The van der Waals surface area contributed by atoms with Gasteiger partial charge < -0.3 is 19.6 Å². The van der Waals surface area contributed by atoms with Crippen LogP contribution in [0.5, 0.6) is 5.75 Å². The number of benzene rings is 3. The number of alkyl halides is 3. The van der Waals surface area contributed by atoms with Crippen molar-refractivity contribution in [3.05, 3.63) is 89.5 Å². The van der Waals surface area contributed by atoms with Gasteiger partial charge in [-0.05, 0) is 66.4 Å². The number of fused-ring (bicyclic) bond motifs is 1. The largest absolute Gasteiger partial charge is 0.496 e. The third kappa shape index (κ3) is 5.71. The number of hydrogen-bond donors (Lipinski definition) is 1. The van der Waals surface area contributed by atoms with E-state index in [0.717, 1.165) is 24.3 Å². The monoisotopic (exact) mass is 548 g/mol. The molecule has 39 heavy (non-hydrogen) atoms. The van der Waals surface area contributed by atoms with Crippen LogP contribution in [0.4, 0.5) is 33.3 Å². The highest BCUT2D eigenvalue weighted by Crippen LogP contribution is 2.45. The molecule has 0 radical (unpaired) electrons. The highest BCUT2D eigenvalue weighted by atomic mass is 19.4. The number of β-amino-alcohol motifs (C(OH)–C–C–N with tert-alkyl or cyclic N) is 1. The molecule has 4 rings (SSSR count). The van der Waals surface area contributed by atoms with Gasteiger partial charge in [-0.15, -0.1) is 0 Å². The minimum absolute atomic E-state index is 0.00600. The van der Waals surface area contributed by atoms with E-state index in [4.69, 9.17) is 4.74 Å². The molecule has 5 nitrogen and oxygen atoms in total. The molecular formula is C29H29F5N2O3. The molecule has 3 aromatic carbocycles. The van der Waals surface area contributed by atoms with Gasteiger partial charge in [0.15, 0.2) is 5.60 Å². The third-order valence-corrected chi connectivity index (χ3v) is 7.05. The highest BCUT2D eigenvalue weighted by Gasteiger charge is 2.57. The maximum atomic E-state index is 14.5. The van der Waals surface area contributed by atoms with Crippen LogP contribution in [0.25, 0.3) is 0 Å². The zero-order valence-electron chi connectivity index (χ0n) is 21.7. The third-order valence-electron chi connectivity index (χ3n) is 7.05. The Hall–Kier alpha value is -3.66. The molecule has 1 aliphatic rings. The molecule has 0 saturated heterocycles. The van der Waals surface area contributed by atoms with Crippen molar-refractivity contribution in [2.24, 2.45) is 0 Å². The van der Waals surface area contributed by atoms with Crippen molar-refractivity contribution in [3.8, 4) is 5.75 Å². The van der Waals surface area contributed by atoms with Crippen molar-refractivity contribution in [1.29, 1.82) is 0 Å². The van der Waals surface area contributed by atoms with Gasteiger partial charge in [-0.25, -0.2) is 8.78 Å². The second kappa shape index (κ2) is 10.5. The highest BCUT2D eigenvalue weighted by molar-refractivity contribution is 6.08. The van der Waals surface area contributed by atoms with Crippen LogP contribution in [0.3, 0.4) is 0 Å². The van der Waals surface area contributed by atoms with Crippen molar-refractivity contribution < 1.29 is 36.6 Å². The number of halogens is 5. The zero-order valence-corrected chi connectivity index (χ0v) is 21.7. The maximum Gasteiger partial charge on any atom is 0.418 e. The lowest BCUT2D eigenvalue weighted by atomic mass is 9.74. The predicted molar refractivity (Wildman–Crippen MR) is 138 cm³/mol. The molecule has 10 heteroatoms. The van der Waals surface area contributed by atoms with E-state index in [1.807, 2.05) is 0 Å². The molecule has 1 amide bonds. The number of nitrogens with zero attached hydrogens (tertiary/aromatic N) is 2. The number of hydrogen-bond acceptors (Lipinski definition) is 4. The molecule has 0 bridgehead atoms. The summed E-state index contributed by atoms with van der Waals surface area (Å²) in [5, 5.41) is 11.2. The van der Waals surface area contributed by atoms with Gasteiger partial charge in [0.25, 0.3) is 5.91 Å². The lowest BCUT2D eigenvalue weighted by Crippen LogP contribution is -2.58. The molecule has 1 heterocycles. The van der Waals surface area contributed by atoms with Gasteiger partial charge in [0.1, 0.15) is 17.4 Å². The Labute approximate surface area is 223 Å². The van der Waals surface area contributed by atoms with Gasteiger partial charge in [0.2, 0.25) is 0 Å². The van der Waals surface area contributed by atoms with Crippen LogP contribution in [0.2, 0.25) is 0 Å². The maximum absolute atomic E-state index is 14.5. The number of carbonyl (C=O) groups excluding carboxylic acids is 1. The molecule has 0 fully saturated rings. The number of anilines is 2. The minimum atomic E-state index is -5.03. The first-order valence-corrected chi connectivity index (χ1v) is 12.3. The average molecular weight is 549 g/mol. The van der Waals surface area contributed by atoms with Crippen molar-refractivity contribution in [1.82, 2.24) is 0 Å². The molecule has 3 aromatic rings. The van der Waals surface area contributed by atoms with Crippen LogP contribution < -0.4 is 14.5 Å². The van der Waals surface area contributed by atoms with Crippen LogP contribution in [-0.4, -0.2) is 49.5 Å². The first kappa shape index (κ1) is 28.4. The van der Waals surface area contributed by atoms with Crippen molar-refractivity contribution in [2.75, 3.05) is 36.5 Å². The lowest BCUT2D eigenvalue weighted by Gasteiger charge is -2.44. The van der Waals surface area contributed by atoms with Gasteiger partial charge in [-0.1, -0.05) is 26.0 Å². The summed E-state index contributed by atoms with van der Waals surface area (Å²) in [5.74, 6) is -1.34. The Morgan fingerprint density at radius 1 is 0.923 bits per heavy atom. The second-order valence-electron chi connectivity index (χ2n) is 10.3. The Kier molecular flexibility index (Phi) is 7.62. The van der Waals surface area contributed by atoms with Crippen molar-refractivity contribution in [3.63, 3.8) is 0 Å². The van der Waals surface area contributed by atoms with E-state index in [9.17, 15) is 31.9 Å². The van der Waals surface area contributed by atoms with E-state index in [1.54, 1.807) is 24.3 Å². The van der Waals surface area contributed by atoms with Gasteiger partial charge in [-0.3, -0.25) is 4.79 Å². The van der Waals surface area contributed by atoms with E-state index in [0.29, 0.717) is 11.4 Å². The van der Waals surface area contributed by atoms with Crippen LogP contribution in [-0.2, 0) is 5.41 Å². The molecule has 0 saturated carbocycles. The number of amides is 1. The smallest absolute Gasteiger partial charge is 0.418 e. The molecule has 1 atom stereocenters. The summed E-state index contributed by atoms with van der Waals surface area (Å²) >= 11 is 0. The summed E-state index contributed by atoms with van der Waals surface area (Å²) in [6.45, 7) is 2.23. The first-order valence-electron chi connectivity index (χ1n) is 12.3. The van der Waals surface area contributed by atoms with E-state index in [1.165, 1.54) is 49.0 Å². The fourth-order valence-corrected chi connectivity index (χ4v) is 5.14. The summed E-state index contributed by atoms with van der Waals surface area (Å²) in [7, 11) is 1.34. The molecule has 1 unspecified atom stereocenters. The molecule has 0 spiro atoms. The number of aliphatic hydroxyl groups is 1. The number of rotatable bonds is 7. The number of methoxy groups -OCH3 is 1. The molecule has 208 valence electrons. The topological polar surface area (TPSA) is 53.0 Å². The van der Waals surface area contributed by atoms with Gasteiger partial charge in [-0.2, -0.15) is 13.2 Å². The Balaban J connectivity index is 1.66. The summed E-state index contributed by atoms with van der Waals surface area (Å²) in [6, 6.07) is 15.1. The van der Waals surface area contributed by atoms with Crippen LogP contribution in [0.15, 0.2) is 66.7 Å². The first-order chi connectivity index (χ1) is 18.3. The number of para-hydroxylation sites is 2. The standard InChI is InChI=1S/C29H29F5N2O3/c1-27(2,22-16-21(31)12-13-25(22)39-3)17-28(38,29(32,33)34)18-35-14-15-36(24-7-5-4-6-23(24)35)26(37)19-8-10-20(30)11-9-19/h4-13,16,38H,14-15,17-18H2,1-3H3. The van der Waals surface area contributed by atoms with Crippen LogP contribution in [0.1, 0.15) is 36.2 Å². The average Bonchev–Trinajstić information content (AvgIpc) is 2.88. The quantitative estimate of drug-likeness (QED) is 0.363. The van der Waals surface area contributed by atoms with Crippen LogP contribution >= 0.6 is 0 Å². The molecular weight excluding hydrogens is 519 g/mol. The summed E-state index contributed by atoms with van der Waals surface area (Å²) < 4.78 is 76.3. The Bertz CT molecular complexity index is 1340. The predicted octanol–water partition coefficient (Wildman–Crippen LogP) is 6.10.